The van der Waals surface area contributed by atoms with Crippen LogP contribution >= 0.6 is 0 Å². The highest BCUT2D eigenvalue weighted by molar-refractivity contribution is 5.40. The van der Waals surface area contributed by atoms with Gasteiger partial charge in [-0.15, -0.1) is 0 Å². The van der Waals surface area contributed by atoms with Crippen molar-refractivity contribution in [1.82, 2.24) is 9.78 Å². The Morgan fingerprint density at radius 2 is 1.65 bits per heavy atom. The van der Waals surface area contributed by atoms with Crippen molar-refractivity contribution in [2.24, 2.45) is 0 Å². The average Bonchev–Trinajstić information content (AvgIpc) is 2.87. The largest absolute Gasteiger partial charge is 0.508 e. The Bertz CT molecular complexity index is 737. The maximum Gasteiger partial charge on any atom is 0.165 e. The lowest BCUT2D eigenvalue weighted by atomic mass is 10.3. The Morgan fingerprint density at radius 3 is 2.40 bits per heavy atom. The fraction of sp³-hybridized carbons (Fsp3) is 0. The maximum absolute atomic E-state index is 9.45. The lowest BCUT2D eigenvalue weighted by Crippen LogP contribution is -1.92. The number of nitrogens with zero attached hydrogens (tertiary/aromatic N) is 2. The van der Waals surface area contributed by atoms with Crippen LogP contribution in [0, 0.1) is 0 Å². The molecule has 1 aromatic heterocycles. The number of phenolic OH excluding ortho intramolecular Hbond substituents is 2. The molecule has 0 aliphatic heterocycles. The van der Waals surface area contributed by atoms with Crippen LogP contribution in [0.25, 0.3) is 5.69 Å². The molecule has 0 unspecified atom stereocenters. The lowest BCUT2D eigenvalue weighted by molar-refractivity contribution is 0.455. The van der Waals surface area contributed by atoms with Gasteiger partial charge in [0.2, 0.25) is 0 Å². The van der Waals surface area contributed by atoms with E-state index >= 15 is 0 Å². The van der Waals surface area contributed by atoms with Crippen molar-refractivity contribution < 1.29 is 14.9 Å². The number of benzene rings is 2. The molecular weight excluding hydrogens is 256 g/mol. The Labute approximate surface area is 115 Å². The number of hydrogen-bond acceptors (Lipinski definition) is 4. The normalized spacial score (nSPS) is 10.4. The molecule has 1 heterocycles. The quantitative estimate of drug-likeness (QED) is 0.766. The van der Waals surface area contributed by atoms with Gasteiger partial charge < -0.3 is 14.9 Å². The number of rotatable bonds is 3. The lowest BCUT2D eigenvalue weighted by Gasteiger charge is -2.03. The SMILES string of the molecule is Oc1cccc(Oc2cnn(-c3cccc(O)c3)c2)c1. The van der Waals surface area contributed by atoms with Crippen molar-refractivity contribution in [3.8, 4) is 28.7 Å². The molecule has 0 radical (unpaired) electrons. The van der Waals surface area contributed by atoms with Gasteiger partial charge in [-0.2, -0.15) is 5.10 Å². The third kappa shape index (κ3) is 2.56. The van der Waals surface area contributed by atoms with Crippen molar-refractivity contribution in [3.63, 3.8) is 0 Å². The highest BCUT2D eigenvalue weighted by Gasteiger charge is 2.04. The van der Waals surface area contributed by atoms with E-state index in [1.54, 1.807) is 53.5 Å². The number of aromatic nitrogens is 2. The van der Waals surface area contributed by atoms with Gasteiger partial charge in [0.05, 0.1) is 18.1 Å². The highest BCUT2D eigenvalue weighted by Crippen LogP contribution is 2.25. The zero-order chi connectivity index (χ0) is 13.9. The standard InChI is InChI=1S/C15H12N2O3/c18-12-4-1-3-11(7-12)17-10-15(9-16-17)20-14-6-2-5-13(19)8-14/h1-10,18-19H. The van der Waals surface area contributed by atoms with Crippen LogP contribution in [0.4, 0.5) is 0 Å². The summed E-state index contributed by atoms with van der Waals surface area (Å²) in [6, 6.07) is 13.3. The molecule has 0 atom stereocenters. The first kappa shape index (κ1) is 12.1. The van der Waals surface area contributed by atoms with Crippen LogP contribution in [0.15, 0.2) is 60.9 Å². The number of hydrogen-bond donors (Lipinski definition) is 2. The minimum atomic E-state index is 0.142. The van der Waals surface area contributed by atoms with Crippen LogP contribution in [0.2, 0.25) is 0 Å². The topological polar surface area (TPSA) is 67.5 Å². The first-order chi connectivity index (χ1) is 9.70. The van der Waals surface area contributed by atoms with Crippen molar-refractivity contribution in [2.75, 3.05) is 0 Å². The van der Waals surface area contributed by atoms with Crippen LogP contribution in [0.5, 0.6) is 23.0 Å². The molecule has 0 fully saturated rings. The first-order valence-corrected chi connectivity index (χ1v) is 6.02. The monoisotopic (exact) mass is 268 g/mol. The van der Waals surface area contributed by atoms with E-state index in [1.807, 2.05) is 6.07 Å². The molecular formula is C15H12N2O3. The van der Waals surface area contributed by atoms with E-state index in [4.69, 9.17) is 4.74 Å². The highest BCUT2D eigenvalue weighted by atomic mass is 16.5. The van der Waals surface area contributed by atoms with Crippen LogP contribution in [0.1, 0.15) is 0 Å². The van der Waals surface area contributed by atoms with Gasteiger partial charge in [0.1, 0.15) is 17.2 Å². The third-order valence-electron chi connectivity index (χ3n) is 2.71. The molecule has 0 aliphatic carbocycles. The van der Waals surface area contributed by atoms with Crippen LogP contribution < -0.4 is 4.74 Å². The van der Waals surface area contributed by atoms with E-state index < -0.39 is 0 Å². The molecule has 0 saturated heterocycles. The van der Waals surface area contributed by atoms with E-state index in [1.165, 1.54) is 6.07 Å². The number of phenols is 2. The van der Waals surface area contributed by atoms with Gasteiger partial charge in [0, 0.05) is 12.1 Å². The molecule has 2 N–H and O–H groups in total. The minimum Gasteiger partial charge on any atom is -0.508 e. The smallest absolute Gasteiger partial charge is 0.165 e. The van der Waals surface area contributed by atoms with E-state index in [-0.39, 0.29) is 11.5 Å². The Balaban J connectivity index is 1.84. The third-order valence-corrected chi connectivity index (χ3v) is 2.71. The van der Waals surface area contributed by atoms with Crippen LogP contribution in [0.3, 0.4) is 0 Å². The summed E-state index contributed by atoms with van der Waals surface area (Å²) in [6.45, 7) is 0. The fourth-order valence-corrected chi connectivity index (χ4v) is 1.82. The second-order valence-electron chi connectivity index (χ2n) is 4.24. The van der Waals surface area contributed by atoms with Gasteiger partial charge in [0.25, 0.3) is 0 Å². The zero-order valence-electron chi connectivity index (χ0n) is 10.5. The molecule has 100 valence electrons. The summed E-state index contributed by atoms with van der Waals surface area (Å²) in [7, 11) is 0. The molecule has 0 amide bonds. The molecule has 20 heavy (non-hydrogen) atoms. The molecule has 2 aromatic carbocycles. The first-order valence-electron chi connectivity index (χ1n) is 6.02. The Morgan fingerprint density at radius 1 is 0.900 bits per heavy atom. The van der Waals surface area contributed by atoms with Crippen LogP contribution in [-0.4, -0.2) is 20.0 Å². The molecule has 0 aliphatic rings. The summed E-state index contributed by atoms with van der Waals surface area (Å²) in [6.07, 6.45) is 3.26. The molecule has 0 spiro atoms. The molecule has 0 saturated carbocycles. The van der Waals surface area contributed by atoms with E-state index in [2.05, 4.69) is 5.10 Å². The van der Waals surface area contributed by atoms with Gasteiger partial charge in [0.15, 0.2) is 5.75 Å². The van der Waals surface area contributed by atoms with E-state index in [0.717, 1.165) is 5.69 Å². The Hall–Kier alpha value is -2.95. The number of aromatic hydroxyl groups is 2. The van der Waals surface area contributed by atoms with Gasteiger partial charge >= 0.3 is 0 Å². The molecule has 3 rings (SSSR count). The summed E-state index contributed by atoms with van der Waals surface area (Å²) in [4.78, 5) is 0. The summed E-state index contributed by atoms with van der Waals surface area (Å²) in [5, 5.41) is 23.0. The summed E-state index contributed by atoms with van der Waals surface area (Å²) >= 11 is 0. The predicted molar refractivity (Wildman–Crippen MR) is 73.4 cm³/mol. The van der Waals surface area contributed by atoms with E-state index in [0.29, 0.717) is 11.5 Å². The Kier molecular flexibility index (Phi) is 3.01. The summed E-state index contributed by atoms with van der Waals surface area (Å²) < 4.78 is 7.18. The van der Waals surface area contributed by atoms with E-state index in [9.17, 15) is 10.2 Å². The van der Waals surface area contributed by atoms with Gasteiger partial charge in [-0.3, -0.25) is 0 Å². The van der Waals surface area contributed by atoms with Gasteiger partial charge in [-0.05, 0) is 24.3 Å². The minimum absolute atomic E-state index is 0.142. The number of ether oxygens (including phenoxy) is 1. The molecule has 0 bridgehead atoms. The van der Waals surface area contributed by atoms with Crippen molar-refractivity contribution >= 4 is 0 Å². The summed E-state index contributed by atoms with van der Waals surface area (Å²) in [5.41, 5.74) is 0.732. The average molecular weight is 268 g/mol. The predicted octanol–water partition coefficient (Wildman–Crippen LogP) is 3.08. The second kappa shape index (κ2) is 4.97. The summed E-state index contributed by atoms with van der Waals surface area (Å²) in [5.74, 6) is 1.38. The van der Waals surface area contributed by atoms with Crippen LogP contribution in [-0.2, 0) is 0 Å². The molecule has 5 nitrogen and oxygen atoms in total. The van der Waals surface area contributed by atoms with Crippen molar-refractivity contribution in [1.29, 1.82) is 0 Å². The van der Waals surface area contributed by atoms with Gasteiger partial charge in [-0.1, -0.05) is 12.1 Å². The molecule has 5 heteroatoms. The van der Waals surface area contributed by atoms with Crippen molar-refractivity contribution in [3.05, 3.63) is 60.9 Å². The zero-order valence-corrected chi connectivity index (χ0v) is 10.5. The fourth-order valence-electron chi connectivity index (χ4n) is 1.82. The van der Waals surface area contributed by atoms with Crippen molar-refractivity contribution in [2.45, 2.75) is 0 Å². The maximum atomic E-state index is 9.45. The molecule has 3 aromatic rings. The van der Waals surface area contributed by atoms with Gasteiger partial charge in [-0.25, -0.2) is 4.68 Å². The second-order valence-corrected chi connectivity index (χ2v) is 4.24.